The largest absolute Gasteiger partial charge is 0.330 e. The second kappa shape index (κ2) is 3.30. The molecule has 1 aliphatic rings. The Bertz CT molecular complexity index is 569. The molecule has 1 aliphatic carbocycles. The van der Waals surface area contributed by atoms with Crippen LogP contribution in [-0.2, 0) is 5.41 Å². The van der Waals surface area contributed by atoms with Crippen molar-refractivity contribution >= 4 is 10.9 Å². The highest BCUT2D eigenvalue weighted by Gasteiger charge is 2.61. The first-order chi connectivity index (χ1) is 8.11. The average molecular weight is 226 g/mol. The Hall–Kier alpha value is -1.41. The lowest BCUT2D eigenvalue weighted by Crippen LogP contribution is -2.25. The normalized spacial score (nSPS) is 26.1. The lowest BCUT2D eigenvalue weighted by Gasteiger charge is -2.20. The van der Waals surface area contributed by atoms with Crippen LogP contribution in [0.3, 0.4) is 0 Å². The molecule has 3 rings (SSSR count). The van der Waals surface area contributed by atoms with E-state index in [9.17, 15) is 0 Å². The van der Waals surface area contributed by atoms with Gasteiger partial charge in [-0.2, -0.15) is 0 Å². The number of benzene rings is 1. The number of nitrogens with zero attached hydrogens (tertiary/aromatic N) is 1. The van der Waals surface area contributed by atoms with Crippen molar-refractivity contribution in [2.24, 2.45) is 11.1 Å². The summed E-state index contributed by atoms with van der Waals surface area (Å²) in [4.78, 5) is 4.42. The van der Waals surface area contributed by atoms with E-state index in [1.807, 2.05) is 12.3 Å². The summed E-state index contributed by atoms with van der Waals surface area (Å²) in [6, 6.07) is 10.5. The molecule has 1 unspecified atom stereocenters. The molecule has 0 saturated heterocycles. The van der Waals surface area contributed by atoms with Crippen molar-refractivity contribution in [2.45, 2.75) is 25.7 Å². The zero-order valence-electron chi connectivity index (χ0n) is 10.4. The van der Waals surface area contributed by atoms with Gasteiger partial charge in [0.05, 0.1) is 5.52 Å². The maximum absolute atomic E-state index is 6.05. The van der Waals surface area contributed by atoms with Gasteiger partial charge < -0.3 is 5.73 Å². The number of pyridine rings is 1. The molecule has 1 saturated carbocycles. The van der Waals surface area contributed by atoms with E-state index in [4.69, 9.17) is 5.73 Å². The van der Waals surface area contributed by atoms with Gasteiger partial charge in [0.15, 0.2) is 0 Å². The molecule has 0 radical (unpaired) electrons. The molecule has 2 aromatic rings. The summed E-state index contributed by atoms with van der Waals surface area (Å²) < 4.78 is 0. The fraction of sp³-hybridized carbons (Fsp3) is 0.400. The molecule has 88 valence electrons. The number of fused-ring (bicyclic) bond motifs is 1. The van der Waals surface area contributed by atoms with Gasteiger partial charge in [-0.25, -0.2) is 0 Å². The highest BCUT2D eigenvalue weighted by atomic mass is 14.8. The van der Waals surface area contributed by atoms with Crippen LogP contribution in [0.4, 0.5) is 0 Å². The third kappa shape index (κ3) is 1.34. The average Bonchev–Trinajstić information content (AvgIpc) is 2.92. The monoisotopic (exact) mass is 226 g/mol. The van der Waals surface area contributed by atoms with Gasteiger partial charge in [-0.15, -0.1) is 0 Å². The molecule has 1 heterocycles. The lowest BCUT2D eigenvalue weighted by atomic mass is 9.86. The van der Waals surface area contributed by atoms with E-state index in [1.165, 1.54) is 17.4 Å². The van der Waals surface area contributed by atoms with E-state index < -0.39 is 0 Å². The van der Waals surface area contributed by atoms with Gasteiger partial charge in [-0.05, 0) is 29.5 Å². The van der Waals surface area contributed by atoms with Crippen molar-refractivity contribution in [1.82, 2.24) is 4.98 Å². The third-order valence-electron chi connectivity index (χ3n) is 4.43. The first-order valence-electron chi connectivity index (χ1n) is 6.15. The van der Waals surface area contributed by atoms with Crippen LogP contribution in [0.1, 0.15) is 25.8 Å². The number of aromatic nitrogens is 1. The standard InChI is InChI=1S/C15H18N2/c1-14(2)9-15(14,10-16)12-7-8-17-13-6-4-3-5-11(12)13/h3-8H,9-10,16H2,1-2H3. The molecule has 2 heteroatoms. The zero-order chi connectivity index (χ0) is 12.1. The van der Waals surface area contributed by atoms with Gasteiger partial charge in [-0.1, -0.05) is 32.0 Å². The van der Waals surface area contributed by atoms with Crippen LogP contribution in [0, 0.1) is 5.41 Å². The Labute approximate surface area is 102 Å². The van der Waals surface area contributed by atoms with E-state index in [0.717, 1.165) is 5.52 Å². The van der Waals surface area contributed by atoms with Crippen molar-refractivity contribution in [2.75, 3.05) is 6.54 Å². The first kappa shape index (κ1) is 10.7. The molecule has 2 N–H and O–H groups in total. The smallest absolute Gasteiger partial charge is 0.0704 e. The highest BCUT2D eigenvalue weighted by molar-refractivity contribution is 5.84. The number of hydrogen-bond acceptors (Lipinski definition) is 2. The van der Waals surface area contributed by atoms with Gasteiger partial charge in [0, 0.05) is 23.5 Å². The third-order valence-corrected chi connectivity index (χ3v) is 4.43. The van der Waals surface area contributed by atoms with E-state index in [2.05, 4.69) is 43.1 Å². The van der Waals surface area contributed by atoms with Gasteiger partial charge in [-0.3, -0.25) is 4.98 Å². The molecule has 0 amide bonds. The maximum atomic E-state index is 6.05. The quantitative estimate of drug-likeness (QED) is 0.855. The van der Waals surface area contributed by atoms with Crippen LogP contribution in [0.5, 0.6) is 0 Å². The molecule has 1 aromatic carbocycles. The van der Waals surface area contributed by atoms with Crippen molar-refractivity contribution in [3.8, 4) is 0 Å². The predicted octanol–water partition coefficient (Wildman–Crippen LogP) is 2.86. The summed E-state index contributed by atoms with van der Waals surface area (Å²) >= 11 is 0. The minimum Gasteiger partial charge on any atom is -0.330 e. The summed E-state index contributed by atoms with van der Waals surface area (Å²) in [6.45, 7) is 5.32. The van der Waals surface area contributed by atoms with Gasteiger partial charge in [0.2, 0.25) is 0 Å². The van der Waals surface area contributed by atoms with Crippen LogP contribution in [0.25, 0.3) is 10.9 Å². The molecule has 2 nitrogen and oxygen atoms in total. The predicted molar refractivity (Wildman–Crippen MR) is 70.9 cm³/mol. The van der Waals surface area contributed by atoms with Crippen LogP contribution in [0.2, 0.25) is 0 Å². The molecule has 17 heavy (non-hydrogen) atoms. The van der Waals surface area contributed by atoms with E-state index in [1.54, 1.807) is 0 Å². The zero-order valence-corrected chi connectivity index (χ0v) is 10.4. The van der Waals surface area contributed by atoms with Gasteiger partial charge in [0.25, 0.3) is 0 Å². The van der Waals surface area contributed by atoms with Gasteiger partial charge in [0.1, 0.15) is 0 Å². The molecular formula is C15H18N2. The molecule has 0 spiro atoms. The Morgan fingerprint density at radius 2 is 1.94 bits per heavy atom. The minimum atomic E-state index is 0.148. The molecule has 0 aliphatic heterocycles. The van der Waals surface area contributed by atoms with Crippen molar-refractivity contribution in [3.63, 3.8) is 0 Å². The number of nitrogens with two attached hydrogens (primary N) is 1. The number of para-hydroxylation sites is 1. The fourth-order valence-electron chi connectivity index (χ4n) is 3.14. The number of hydrogen-bond donors (Lipinski definition) is 1. The molecule has 1 aromatic heterocycles. The second-order valence-electron chi connectivity index (χ2n) is 5.72. The molecule has 0 bridgehead atoms. The maximum Gasteiger partial charge on any atom is 0.0704 e. The number of rotatable bonds is 2. The SMILES string of the molecule is CC1(C)CC1(CN)c1ccnc2ccccc12. The van der Waals surface area contributed by atoms with Crippen LogP contribution in [0.15, 0.2) is 36.5 Å². The van der Waals surface area contributed by atoms with Crippen LogP contribution >= 0.6 is 0 Å². The lowest BCUT2D eigenvalue weighted by molar-refractivity contribution is 0.505. The fourth-order valence-corrected chi connectivity index (χ4v) is 3.14. The summed E-state index contributed by atoms with van der Waals surface area (Å²) in [5.74, 6) is 0. The Morgan fingerprint density at radius 1 is 1.24 bits per heavy atom. The topological polar surface area (TPSA) is 38.9 Å². The van der Waals surface area contributed by atoms with Crippen molar-refractivity contribution < 1.29 is 0 Å². The Kier molecular flexibility index (Phi) is 2.08. The van der Waals surface area contributed by atoms with Crippen LogP contribution < -0.4 is 5.73 Å². The molecular weight excluding hydrogens is 208 g/mol. The summed E-state index contributed by atoms with van der Waals surface area (Å²) in [6.07, 6.45) is 3.08. The van der Waals surface area contributed by atoms with Crippen LogP contribution in [-0.4, -0.2) is 11.5 Å². The van der Waals surface area contributed by atoms with E-state index in [-0.39, 0.29) is 5.41 Å². The Morgan fingerprint density at radius 3 is 2.59 bits per heavy atom. The first-order valence-corrected chi connectivity index (χ1v) is 6.15. The molecule has 1 atom stereocenters. The summed E-state index contributed by atoms with van der Waals surface area (Å²) in [5.41, 5.74) is 8.95. The van der Waals surface area contributed by atoms with Crippen molar-refractivity contribution in [1.29, 1.82) is 0 Å². The van der Waals surface area contributed by atoms with E-state index >= 15 is 0 Å². The second-order valence-corrected chi connectivity index (χ2v) is 5.72. The van der Waals surface area contributed by atoms with Gasteiger partial charge >= 0.3 is 0 Å². The summed E-state index contributed by atoms with van der Waals surface area (Å²) in [5, 5.41) is 1.26. The highest BCUT2D eigenvalue weighted by Crippen LogP contribution is 2.64. The Balaban J connectivity index is 2.25. The summed E-state index contributed by atoms with van der Waals surface area (Å²) in [7, 11) is 0. The van der Waals surface area contributed by atoms with Crippen molar-refractivity contribution in [3.05, 3.63) is 42.1 Å². The molecule has 1 fully saturated rings. The van der Waals surface area contributed by atoms with E-state index in [0.29, 0.717) is 12.0 Å². The minimum absolute atomic E-state index is 0.148.